The van der Waals surface area contributed by atoms with E-state index in [1.807, 2.05) is 0 Å². The van der Waals surface area contributed by atoms with E-state index in [4.69, 9.17) is 5.73 Å². The molecule has 7 heteroatoms. The van der Waals surface area contributed by atoms with Gasteiger partial charge in [0.1, 0.15) is 0 Å². The van der Waals surface area contributed by atoms with Crippen molar-refractivity contribution in [1.29, 1.82) is 0 Å². The Hall–Kier alpha value is -1.89. The van der Waals surface area contributed by atoms with Crippen LogP contribution < -0.4 is 11.1 Å². The molecular formula is C14H20N4O3. The molecular weight excluding hydrogens is 272 g/mol. The number of nitrogens with zero attached hydrogens (tertiary/aromatic N) is 2. The maximum absolute atomic E-state index is 12.5. The molecule has 7 nitrogen and oxygen atoms in total. The van der Waals surface area contributed by atoms with Gasteiger partial charge in [0.15, 0.2) is 6.04 Å². The van der Waals surface area contributed by atoms with Gasteiger partial charge in [-0.3, -0.25) is 9.48 Å². The van der Waals surface area contributed by atoms with Crippen LogP contribution in [0.2, 0.25) is 0 Å². The molecule has 2 saturated carbocycles. The lowest BCUT2D eigenvalue weighted by Crippen LogP contribution is -2.47. The number of aromatic nitrogens is 2. The second-order valence-electron chi connectivity index (χ2n) is 6.16. The maximum atomic E-state index is 12.5. The minimum Gasteiger partial charge on any atom is -0.479 e. The number of carbonyl (C=O) groups is 2. The van der Waals surface area contributed by atoms with Gasteiger partial charge >= 0.3 is 5.97 Å². The molecule has 0 aromatic carbocycles. The number of aliphatic carboxylic acids is 1. The number of amides is 1. The third kappa shape index (κ3) is 2.42. The molecule has 21 heavy (non-hydrogen) atoms. The van der Waals surface area contributed by atoms with E-state index in [2.05, 4.69) is 10.4 Å². The fourth-order valence-electron chi connectivity index (χ4n) is 3.84. The summed E-state index contributed by atoms with van der Waals surface area (Å²) in [5.41, 5.74) is 6.60. The minimum absolute atomic E-state index is 0.146. The Morgan fingerprint density at radius 2 is 2.19 bits per heavy atom. The second kappa shape index (κ2) is 5.14. The summed E-state index contributed by atoms with van der Waals surface area (Å²) >= 11 is 0. The second-order valence-corrected chi connectivity index (χ2v) is 6.16. The van der Waals surface area contributed by atoms with Crippen molar-refractivity contribution in [3.05, 3.63) is 18.0 Å². The van der Waals surface area contributed by atoms with E-state index < -0.39 is 12.0 Å². The first-order valence-electron chi connectivity index (χ1n) is 7.24. The van der Waals surface area contributed by atoms with Crippen molar-refractivity contribution in [1.82, 2.24) is 15.1 Å². The lowest BCUT2D eigenvalue weighted by atomic mass is 9.84. The van der Waals surface area contributed by atoms with Crippen LogP contribution in [0.25, 0.3) is 0 Å². The van der Waals surface area contributed by atoms with Crippen molar-refractivity contribution in [2.75, 3.05) is 0 Å². The molecule has 1 aromatic rings. The molecule has 0 aliphatic heterocycles. The van der Waals surface area contributed by atoms with Gasteiger partial charge < -0.3 is 16.2 Å². The van der Waals surface area contributed by atoms with Gasteiger partial charge in [0.2, 0.25) is 5.91 Å². The molecule has 1 amide bonds. The zero-order valence-corrected chi connectivity index (χ0v) is 11.9. The number of carboxylic acids is 1. The number of fused-ring (bicyclic) bond motifs is 2. The molecule has 2 aliphatic carbocycles. The van der Waals surface area contributed by atoms with Crippen LogP contribution in [0.3, 0.4) is 0 Å². The van der Waals surface area contributed by atoms with Gasteiger partial charge in [-0.15, -0.1) is 0 Å². The van der Waals surface area contributed by atoms with Gasteiger partial charge in [-0.05, 0) is 31.1 Å². The number of hydrogen-bond donors (Lipinski definition) is 3. The van der Waals surface area contributed by atoms with Gasteiger partial charge in [-0.1, -0.05) is 0 Å². The molecule has 1 aromatic heterocycles. The van der Waals surface area contributed by atoms with Crippen LogP contribution in [0.15, 0.2) is 12.4 Å². The largest absolute Gasteiger partial charge is 0.479 e. The Morgan fingerprint density at radius 3 is 2.71 bits per heavy atom. The average Bonchev–Trinajstić information content (AvgIpc) is 3.11. The SMILES string of the molecule is Cn1cc(C(NC(=O)C2C3CCC(C3)C2N)C(=O)O)cn1. The molecule has 0 spiro atoms. The van der Waals surface area contributed by atoms with Gasteiger partial charge in [0.05, 0.1) is 12.1 Å². The smallest absolute Gasteiger partial charge is 0.331 e. The molecule has 1 heterocycles. The third-order valence-corrected chi connectivity index (χ3v) is 4.88. The van der Waals surface area contributed by atoms with Gasteiger partial charge in [-0.25, -0.2) is 4.79 Å². The highest BCUT2D eigenvalue weighted by Crippen LogP contribution is 2.47. The molecule has 0 saturated heterocycles. The van der Waals surface area contributed by atoms with Crippen molar-refractivity contribution < 1.29 is 14.7 Å². The minimum atomic E-state index is -1.09. The standard InChI is InChI=1S/C14H20N4O3/c1-18-6-9(5-16-18)12(14(20)21)17-13(19)10-7-2-3-8(4-7)11(10)15/h5-8,10-12H,2-4,15H2,1H3,(H,17,19)(H,20,21). The summed E-state index contributed by atoms with van der Waals surface area (Å²) < 4.78 is 1.51. The quantitative estimate of drug-likeness (QED) is 0.725. The van der Waals surface area contributed by atoms with E-state index in [0.29, 0.717) is 17.4 Å². The van der Waals surface area contributed by atoms with E-state index in [-0.39, 0.29) is 17.9 Å². The molecule has 5 unspecified atom stereocenters. The molecule has 114 valence electrons. The zero-order valence-electron chi connectivity index (χ0n) is 11.9. The topological polar surface area (TPSA) is 110 Å². The molecule has 0 radical (unpaired) electrons. The van der Waals surface area contributed by atoms with E-state index >= 15 is 0 Å². The third-order valence-electron chi connectivity index (χ3n) is 4.88. The van der Waals surface area contributed by atoms with Crippen LogP contribution in [0, 0.1) is 17.8 Å². The van der Waals surface area contributed by atoms with Crippen LogP contribution in [0.4, 0.5) is 0 Å². The van der Waals surface area contributed by atoms with Crippen LogP contribution in [-0.2, 0) is 16.6 Å². The van der Waals surface area contributed by atoms with E-state index in [0.717, 1.165) is 19.3 Å². The van der Waals surface area contributed by atoms with Crippen molar-refractivity contribution in [3.63, 3.8) is 0 Å². The lowest BCUT2D eigenvalue weighted by molar-refractivity contribution is -0.143. The highest BCUT2D eigenvalue weighted by molar-refractivity contribution is 5.86. The Labute approximate surface area is 122 Å². The monoisotopic (exact) mass is 292 g/mol. The van der Waals surface area contributed by atoms with Crippen LogP contribution in [0.1, 0.15) is 30.9 Å². The summed E-state index contributed by atoms with van der Waals surface area (Å²) in [6.45, 7) is 0. The first-order valence-corrected chi connectivity index (χ1v) is 7.24. The van der Waals surface area contributed by atoms with Crippen LogP contribution >= 0.6 is 0 Å². The highest BCUT2D eigenvalue weighted by Gasteiger charge is 2.49. The van der Waals surface area contributed by atoms with E-state index in [1.165, 1.54) is 10.9 Å². The Kier molecular flexibility index (Phi) is 3.44. The van der Waals surface area contributed by atoms with Crippen molar-refractivity contribution >= 4 is 11.9 Å². The summed E-state index contributed by atoms with van der Waals surface area (Å²) in [6.07, 6.45) is 6.14. The fourth-order valence-corrected chi connectivity index (χ4v) is 3.84. The summed E-state index contributed by atoms with van der Waals surface area (Å²) in [4.78, 5) is 23.9. The molecule has 4 N–H and O–H groups in total. The van der Waals surface area contributed by atoms with Crippen molar-refractivity contribution in [3.8, 4) is 0 Å². The van der Waals surface area contributed by atoms with Crippen LogP contribution in [0.5, 0.6) is 0 Å². The van der Waals surface area contributed by atoms with Gasteiger partial charge in [-0.2, -0.15) is 5.10 Å². The van der Waals surface area contributed by atoms with E-state index in [1.54, 1.807) is 13.2 Å². The van der Waals surface area contributed by atoms with Crippen molar-refractivity contribution in [2.45, 2.75) is 31.3 Å². The fraction of sp³-hybridized carbons (Fsp3) is 0.643. The van der Waals surface area contributed by atoms with Crippen molar-refractivity contribution in [2.24, 2.45) is 30.5 Å². The number of hydrogen-bond acceptors (Lipinski definition) is 4. The Bertz CT molecular complexity index is 568. The molecule has 2 bridgehead atoms. The van der Waals surface area contributed by atoms with Gasteiger partial charge in [0.25, 0.3) is 0 Å². The molecule has 3 rings (SSSR count). The summed E-state index contributed by atoms with van der Waals surface area (Å²) in [5.74, 6) is -0.887. The lowest BCUT2D eigenvalue weighted by Gasteiger charge is -2.28. The Morgan fingerprint density at radius 1 is 1.48 bits per heavy atom. The Balaban J connectivity index is 1.74. The first-order chi connectivity index (χ1) is 9.97. The van der Waals surface area contributed by atoms with E-state index in [9.17, 15) is 14.7 Å². The normalized spacial score (nSPS) is 32.1. The average molecular weight is 292 g/mol. The summed E-state index contributed by atoms with van der Waals surface area (Å²) in [6, 6.07) is -1.22. The zero-order chi connectivity index (χ0) is 15.1. The number of nitrogens with two attached hydrogens (primary N) is 1. The number of aryl methyl sites for hydroxylation is 1. The van der Waals surface area contributed by atoms with Crippen LogP contribution in [-0.4, -0.2) is 32.8 Å². The van der Waals surface area contributed by atoms with Gasteiger partial charge in [0, 0.05) is 24.8 Å². The number of nitrogens with one attached hydrogen (secondary N) is 1. The predicted molar refractivity (Wildman–Crippen MR) is 74.0 cm³/mol. The first kappa shape index (κ1) is 14.1. The summed E-state index contributed by atoms with van der Waals surface area (Å²) in [5, 5.41) is 15.9. The molecule has 5 atom stereocenters. The molecule has 2 fully saturated rings. The maximum Gasteiger partial charge on any atom is 0.331 e. The number of rotatable bonds is 4. The summed E-state index contributed by atoms with van der Waals surface area (Å²) in [7, 11) is 1.70. The number of carboxylic acid groups (broad SMARTS) is 1. The predicted octanol–water partition coefficient (Wildman–Crippen LogP) is 0.0354. The molecule has 2 aliphatic rings. The number of carbonyl (C=O) groups excluding carboxylic acids is 1. The highest BCUT2D eigenvalue weighted by atomic mass is 16.4.